The minimum Gasteiger partial charge on any atom is -0.324 e. The average Bonchev–Trinajstić information content (AvgIpc) is 3.47. The predicted octanol–water partition coefficient (Wildman–Crippen LogP) is 3.89. The van der Waals surface area contributed by atoms with Crippen LogP contribution in [0.3, 0.4) is 0 Å². The molecule has 0 aliphatic heterocycles. The Balaban J connectivity index is 1.57. The van der Waals surface area contributed by atoms with Gasteiger partial charge in [-0.3, -0.25) is 9.59 Å². The van der Waals surface area contributed by atoms with Crippen LogP contribution < -0.4 is 10.9 Å². The third-order valence-corrected chi connectivity index (χ3v) is 5.36. The van der Waals surface area contributed by atoms with Gasteiger partial charge in [-0.15, -0.1) is 0 Å². The van der Waals surface area contributed by atoms with Crippen LogP contribution in [0.5, 0.6) is 0 Å². The third kappa shape index (κ3) is 3.82. The van der Waals surface area contributed by atoms with Gasteiger partial charge in [0.2, 0.25) is 5.91 Å². The lowest BCUT2D eigenvalue weighted by atomic mass is 10.2. The molecule has 1 N–H and O–H groups in total. The highest BCUT2D eigenvalue weighted by Gasteiger charge is 2.30. The summed E-state index contributed by atoms with van der Waals surface area (Å²) in [5.41, 5.74) is 1.61. The van der Waals surface area contributed by atoms with E-state index in [2.05, 4.69) is 15.5 Å². The second kappa shape index (κ2) is 7.63. The maximum absolute atomic E-state index is 13.4. The Bertz CT molecular complexity index is 1380. The third-order valence-electron chi connectivity index (χ3n) is 5.13. The summed E-state index contributed by atoms with van der Waals surface area (Å²) in [6.07, 6.45) is 3.58. The number of amides is 1. The Morgan fingerprint density at radius 2 is 2.00 bits per heavy atom. The molecule has 1 aliphatic carbocycles. The number of hydrogen-bond acceptors (Lipinski definition) is 4. The molecular formula is C22H17ClFN5O2. The summed E-state index contributed by atoms with van der Waals surface area (Å²) in [6.45, 7) is -0.300. The zero-order valence-corrected chi connectivity index (χ0v) is 17.0. The molecule has 2 aromatic heterocycles. The maximum Gasteiger partial charge on any atom is 0.293 e. The Morgan fingerprint density at radius 3 is 2.74 bits per heavy atom. The highest BCUT2D eigenvalue weighted by Crippen LogP contribution is 2.41. The molecule has 0 saturated heterocycles. The summed E-state index contributed by atoms with van der Waals surface area (Å²) >= 11 is 6.12. The van der Waals surface area contributed by atoms with Crippen LogP contribution in [0.2, 0.25) is 5.02 Å². The molecule has 2 heterocycles. The fraction of sp³-hybridized carbons (Fsp3) is 0.182. The van der Waals surface area contributed by atoms with E-state index in [0.717, 1.165) is 23.2 Å². The molecule has 31 heavy (non-hydrogen) atoms. The molecule has 0 unspecified atom stereocenters. The lowest BCUT2D eigenvalue weighted by Gasteiger charge is -2.11. The minimum atomic E-state index is -0.477. The Hall–Kier alpha value is -3.52. The molecule has 9 heteroatoms. The van der Waals surface area contributed by atoms with E-state index in [9.17, 15) is 14.0 Å². The molecule has 1 saturated carbocycles. The Kier molecular flexibility index (Phi) is 4.78. The second-order valence-corrected chi connectivity index (χ2v) is 7.92. The number of nitrogens with one attached hydrogen (secondary N) is 1. The molecular weight excluding hydrogens is 421 g/mol. The van der Waals surface area contributed by atoms with Crippen LogP contribution in [0.1, 0.15) is 24.5 Å². The van der Waals surface area contributed by atoms with Crippen molar-refractivity contribution in [2.24, 2.45) is 0 Å². The molecule has 156 valence electrons. The number of aromatic nitrogens is 4. The number of anilines is 1. The molecule has 1 fully saturated rings. The maximum atomic E-state index is 13.4. The van der Waals surface area contributed by atoms with Gasteiger partial charge >= 0.3 is 0 Å². The van der Waals surface area contributed by atoms with Crippen LogP contribution in [0.25, 0.3) is 16.6 Å². The van der Waals surface area contributed by atoms with Gasteiger partial charge in [-0.05, 0) is 49.2 Å². The molecule has 7 nitrogen and oxygen atoms in total. The number of carbonyl (C=O) groups is 1. The first-order valence-corrected chi connectivity index (χ1v) is 10.2. The fourth-order valence-electron chi connectivity index (χ4n) is 3.57. The van der Waals surface area contributed by atoms with E-state index in [1.165, 1.54) is 22.9 Å². The van der Waals surface area contributed by atoms with Gasteiger partial charge in [0.25, 0.3) is 5.56 Å². The molecule has 0 atom stereocenters. The van der Waals surface area contributed by atoms with Gasteiger partial charge in [0.05, 0.1) is 17.6 Å². The lowest BCUT2D eigenvalue weighted by Crippen LogP contribution is -2.31. The van der Waals surface area contributed by atoms with Crippen molar-refractivity contribution in [3.05, 3.63) is 81.6 Å². The van der Waals surface area contributed by atoms with Crippen molar-refractivity contribution in [3.63, 3.8) is 0 Å². The quantitative estimate of drug-likeness (QED) is 0.513. The summed E-state index contributed by atoms with van der Waals surface area (Å²) in [4.78, 5) is 25.8. The number of carbonyl (C=O) groups excluding carboxylic acids is 1. The van der Waals surface area contributed by atoms with E-state index in [0.29, 0.717) is 27.3 Å². The van der Waals surface area contributed by atoms with Crippen molar-refractivity contribution < 1.29 is 9.18 Å². The van der Waals surface area contributed by atoms with Crippen molar-refractivity contribution >= 4 is 34.1 Å². The number of halogens is 2. The predicted molar refractivity (Wildman–Crippen MR) is 115 cm³/mol. The fourth-order valence-corrected chi connectivity index (χ4v) is 3.75. The van der Waals surface area contributed by atoms with E-state index < -0.39 is 17.3 Å². The smallest absolute Gasteiger partial charge is 0.293 e. The summed E-state index contributed by atoms with van der Waals surface area (Å²) < 4.78 is 16.1. The SMILES string of the molecule is O=C(Cn1nc(C2CC2)c2cnn(-c3cccc(Cl)c3)c2c1=O)Nc1cccc(F)c1. The number of rotatable bonds is 5. The summed E-state index contributed by atoms with van der Waals surface area (Å²) in [5.74, 6) is -0.705. The van der Waals surface area contributed by atoms with Gasteiger partial charge in [-0.1, -0.05) is 23.7 Å². The van der Waals surface area contributed by atoms with Crippen molar-refractivity contribution in [1.82, 2.24) is 19.6 Å². The number of benzene rings is 2. The van der Waals surface area contributed by atoms with E-state index in [-0.39, 0.29) is 12.5 Å². The van der Waals surface area contributed by atoms with Crippen LogP contribution in [0.4, 0.5) is 10.1 Å². The minimum absolute atomic E-state index is 0.234. The second-order valence-electron chi connectivity index (χ2n) is 7.48. The first-order valence-electron chi connectivity index (χ1n) is 9.80. The van der Waals surface area contributed by atoms with Gasteiger partial charge in [0.15, 0.2) is 0 Å². The molecule has 0 bridgehead atoms. The number of nitrogens with zero attached hydrogens (tertiary/aromatic N) is 4. The van der Waals surface area contributed by atoms with Gasteiger partial charge < -0.3 is 5.32 Å². The standard InChI is InChI=1S/C22H17ClFN5O2/c23-14-3-1-6-17(9-14)29-21-18(11-25-29)20(13-7-8-13)27-28(22(21)31)12-19(30)26-16-5-2-4-15(24)10-16/h1-6,9-11,13H,7-8,12H2,(H,26,30). The van der Waals surface area contributed by atoms with Gasteiger partial charge in [0.1, 0.15) is 17.9 Å². The van der Waals surface area contributed by atoms with Crippen molar-refractivity contribution in [2.45, 2.75) is 25.3 Å². The first-order chi connectivity index (χ1) is 15.0. The molecule has 1 amide bonds. The number of fused-ring (bicyclic) bond motifs is 1. The first kappa shape index (κ1) is 19.4. The highest BCUT2D eigenvalue weighted by molar-refractivity contribution is 6.30. The molecule has 1 aliphatic rings. The van der Waals surface area contributed by atoms with Crippen LogP contribution in [0.15, 0.2) is 59.5 Å². The molecule has 4 aromatic rings. The van der Waals surface area contributed by atoms with Crippen molar-refractivity contribution in [1.29, 1.82) is 0 Å². The molecule has 0 spiro atoms. The number of hydrogen-bond donors (Lipinski definition) is 1. The molecule has 0 radical (unpaired) electrons. The monoisotopic (exact) mass is 437 g/mol. The Labute approximate surface area is 181 Å². The van der Waals surface area contributed by atoms with E-state index >= 15 is 0 Å². The summed E-state index contributed by atoms with van der Waals surface area (Å²) in [7, 11) is 0. The van der Waals surface area contributed by atoms with Crippen LogP contribution in [-0.2, 0) is 11.3 Å². The van der Waals surface area contributed by atoms with E-state index in [1.807, 2.05) is 0 Å². The summed E-state index contributed by atoms with van der Waals surface area (Å²) in [5, 5.41) is 12.7. The normalized spacial score (nSPS) is 13.5. The van der Waals surface area contributed by atoms with Crippen LogP contribution >= 0.6 is 11.6 Å². The highest BCUT2D eigenvalue weighted by atomic mass is 35.5. The van der Waals surface area contributed by atoms with Crippen LogP contribution in [0, 0.1) is 5.82 Å². The van der Waals surface area contributed by atoms with Crippen LogP contribution in [-0.4, -0.2) is 25.5 Å². The molecule has 5 rings (SSSR count). The zero-order chi connectivity index (χ0) is 21.5. The summed E-state index contributed by atoms with van der Waals surface area (Å²) in [6, 6.07) is 12.6. The van der Waals surface area contributed by atoms with Gasteiger partial charge in [0, 0.05) is 22.0 Å². The lowest BCUT2D eigenvalue weighted by molar-refractivity contribution is -0.117. The van der Waals surface area contributed by atoms with E-state index in [1.54, 1.807) is 36.5 Å². The van der Waals surface area contributed by atoms with Gasteiger partial charge in [-0.2, -0.15) is 10.2 Å². The zero-order valence-electron chi connectivity index (χ0n) is 16.3. The Morgan fingerprint density at radius 1 is 1.19 bits per heavy atom. The molecule has 2 aromatic carbocycles. The average molecular weight is 438 g/mol. The van der Waals surface area contributed by atoms with Gasteiger partial charge in [-0.25, -0.2) is 13.8 Å². The van der Waals surface area contributed by atoms with E-state index in [4.69, 9.17) is 11.6 Å². The topological polar surface area (TPSA) is 81.8 Å². The van der Waals surface area contributed by atoms with Crippen molar-refractivity contribution in [2.75, 3.05) is 5.32 Å². The largest absolute Gasteiger partial charge is 0.324 e. The van der Waals surface area contributed by atoms with Crippen molar-refractivity contribution in [3.8, 4) is 5.69 Å².